The zero-order chi connectivity index (χ0) is 30.6. The highest BCUT2D eigenvalue weighted by Gasteiger charge is 2.15. The van der Waals surface area contributed by atoms with Gasteiger partial charge in [0.05, 0.1) is 6.61 Å². The molecule has 0 aliphatic carbocycles. The molecular formula is C38H76O4. The van der Waals surface area contributed by atoms with Crippen molar-refractivity contribution in [1.29, 1.82) is 0 Å². The van der Waals surface area contributed by atoms with Crippen LogP contribution in [0.5, 0.6) is 0 Å². The van der Waals surface area contributed by atoms with Crippen molar-refractivity contribution in [3.8, 4) is 0 Å². The van der Waals surface area contributed by atoms with Gasteiger partial charge in [-0.2, -0.15) is 0 Å². The molecule has 1 unspecified atom stereocenters. The van der Waals surface area contributed by atoms with Gasteiger partial charge in [-0.25, -0.2) is 4.79 Å². The van der Waals surface area contributed by atoms with E-state index in [4.69, 9.17) is 9.84 Å². The highest BCUT2D eigenvalue weighted by molar-refractivity contribution is 5.74. The van der Waals surface area contributed by atoms with Crippen molar-refractivity contribution in [2.24, 2.45) is 0 Å². The lowest BCUT2D eigenvalue weighted by molar-refractivity contribution is -0.154. The van der Waals surface area contributed by atoms with Crippen LogP contribution in [0.2, 0.25) is 0 Å². The second kappa shape index (κ2) is 36.6. The van der Waals surface area contributed by atoms with E-state index in [1.54, 1.807) is 0 Å². The molecule has 4 heteroatoms. The van der Waals surface area contributed by atoms with Crippen molar-refractivity contribution in [2.45, 2.75) is 225 Å². The molecule has 0 radical (unpaired) electrons. The van der Waals surface area contributed by atoms with Gasteiger partial charge >= 0.3 is 5.97 Å². The maximum absolute atomic E-state index is 12.0. The van der Waals surface area contributed by atoms with E-state index in [9.17, 15) is 9.90 Å². The molecular weight excluding hydrogens is 520 g/mol. The first-order chi connectivity index (χ1) is 20.7. The molecule has 0 spiro atoms. The van der Waals surface area contributed by atoms with Crippen LogP contribution in [0.3, 0.4) is 0 Å². The summed E-state index contributed by atoms with van der Waals surface area (Å²) in [6.45, 7) is 3.08. The number of unbranched alkanes of at least 4 members (excludes halogenated alkanes) is 30. The fourth-order valence-electron chi connectivity index (χ4n) is 5.96. The third-order valence-corrected chi connectivity index (χ3v) is 8.90. The van der Waals surface area contributed by atoms with Gasteiger partial charge in [0.15, 0.2) is 6.10 Å². The minimum absolute atomic E-state index is 0.352. The Labute approximate surface area is 263 Å². The number of carbonyl (C=O) groups excluding carboxylic acids is 1. The predicted octanol–water partition coefficient (Wildman–Crippen LogP) is 11.8. The Hall–Kier alpha value is -0.610. The molecule has 4 nitrogen and oxygen atoms in total. The summed E-state index contributed by atoms with van der Waals surface area (Å²) in [7, 11) is 0. The van der Waals surface area contributed by atoms with E-state index in [2.05, 4.69) is 6.92 Å². The van der Waals surface area contributed by atoms with Crippen molar-refractivity contribution in [3.05, 3.63) is 0 Å². The predicted molar refractivity (Wildman–Crippen MR) is 182 cm³/mol. The minimum atomic E-state index is -0.935. The molecule has 0 aromatic carbocycles. The van der Waals surface area contributed by atoms with Crippen LogP contribution in [0, 0.1) is 0 Å². The molecule has 1 atom stereocenters. The molecule has 0 aliphatic rings. The first-order valence-electron chi connectivity index (χ1n) is 19.2. The number of carbonyl (C=O) groups is 1. The van der Waals surface area contributed by atoms with Crippen LogP contribution in [0.25, 0.3) is 0 Å². The molecule has 0 aromatic rings. The molecule has 2 N–H and O–H groups in total. The zero-order valence-electron chi connectivity index (χ0n) is 28.5. The van der Waals surface area contributed by atoms with E-state index in [-0.39, 0.29) is 0 Å². The number of ether oxygens (including phenoxy) is 1. The molecule has 0 amide bonds. The Kier molecular flexibility index (Phi) is 36.0. The van der Waals surface area contributed by atoms with E-state index in [0.29, 0.717) is 19.6 Å². The lowest BCUT2D eigenvalue weighted by atomic mass is 10.0. The van der Waals surface area contributed by atoms with Gasteiger partial charge in [0.2, 0.25) is 0 Å². The lowest BCUT2D eigenvalue weighted by Gasteiger charge is -2.10. The fraction of sp³-hybridized carbons (Fsp3) is 0.974. The average molecular weight is 597 g/mol. The van der Waals surface area contributed by atoms with Gasteiger partial charge in [-0.05, 0) is 19.3 Å². The summed E-state index contributed by atoms with van der Waals surface area (Å²) in [4.78, 5) is 12.0. The summed E-state index contributed by atoms with van der Waals surface area (Å²) in [6.07, 6.45) is 41.1. The maximum Gasteiger partial charge on any atom is 0.334 e. The average Bonchev–Trinajstić information content (AvgIpc) is 3.00. The van der Waals surface area contributed by atoms with Crippen LogP contribution in [-0.2, 0) is 9.53 Å². The van der Waals surface area contributed by atoms with Gasteiger partial charge in [-0.3, -0.25) is 0 Å². The van der Waals surface area contributed by atoms with Gasteiger partial charge < -0.3 is 14.9 Å². The van der Waals surface area contributed by atoms with E-state index >= 15 is 0 Å². The van der Waals surface area contributed by atoms with Crippen molar-refractivity contribution < 1.29 is 19.7 Å². The Bertz CT molecular complexity index is 509. The monoisotopic (exact) mass is 597 g/mol. The Morgan fingerprint density at radius 3 is 1.07 bits per heavy atom. The minimum Gasteiger partial charge on any atom is -0.464 e. The van der Waals surface area contributed by atoms with Gasteiger partial charge in [0, 0.05) is 6.61 Å². The molecule has 0 aliphatic heterocycles. The summed E-state index contributed by atoms with van der Waals surface area (Å²) >= 11 is 0. The van der Waals surface area contributed by atoms with Gasteiger partial charge in [0.1, 0.15) is 0 Å². The van der Waals surface area contributed by atoms with Crippen LogP contribution in [0.15, 0.2) is 0 Å². The van der Waals surface area contributed by atoms with Crippen LogP contribution >= 0.6 is 0 Å². The van der Waals surface area contributed by atoms with Crippen LogP contribution in [0.1, 0.15) is 219 Å². The SMILES string of the molecule is CCCCCCCCCCCCCCCCC(O)C(=O)OCCCCCCCCCCCCCCCCCCCCO. The number of hydrogen-bond acceptors (Lipinski definition) is 4. The smallest absolute Gasteiger partial charge is 0.334 e. The Balaban J connectivity index is 3.25. The summed E-state index contributed by atoms with van der Waals surface area (Å²) in [5, 5.41) is 18.9. The van der Waals surface area contributed by atoms with Gasteiger partial charge in [-0.15, -0.1) is 0 Å². The van der Waals surface area contributed by atoms with Crippen molar-refractivity contribution in [2.75, 3.05) is 13.2 Å². The normalized spacial score (nSPS) is 12.2. The van der Waals surface area contributed by atoms with Crippen LogP contribution in [-0.4, -0.2) is 35.5 Å². The second-order valence-electron chi connectivity index (χ2n) is 13.2. The molecule has 252 valence electrons. The largest absolute Gasteiger partial charge is 0.464 e. The summed E-state index contributed by atoms with van der Waals surface area (Å²) in [5.74, 6) is -0.418. The van der Waals surface area contributed by atoms with Gasteiger partial charge in [-0.1, -0.05) is 200 Å². The second-order valence-corrected chi connectivity index (χ2v) is 13.2. The highest BCUT2D eigenvalue weighted by Crippen LogP contribution is 2.16. The maximum atomic E-state index is 12.0. The first-order valence-corrected chi connectivity index (χ1v) is 19.2. The molecule has 0 aromatic heterocycles. The third kappa shape index (κ3) is 33.9. The zero-order valence-corrected chi connectivity index (χ0v) is 28.5. The van der Waals surface area contributed by atoms with Crippen molar-refractivity contribution >= 4 is 5.97 Å². The molecule has 0 rings (SSSR count). The van der Waals surface area contributed by atoms with Crippen LogP contribution < -0.4 is 0 Å². The third-order valence-electron chi connectivity index (χ3n) is 8.90. The molecule has 0 heterocycles. The van der Waals surface area contributed by atoms with Gasteiger partial charge in [0.25, 0.3) is 0 Å². The van der Waals surface area contributed by atoms with E-state index in [1.165, 1.54) is 173 Å². The standard InChI is InChI=1S/C38H76O4/c1-2-3-4-5-6-7-8-9-16-19-22-25-28-31-34-37(40)38(41)42-36-33-30-27-24-21-18-15-13-11-10-12-14-17-20-23-26-29-32-35-39/h37,39-40H,2-36H2,1H3. The lowest BCUT2D eigenvalue weighted by Crippen LogP contribution is -2.23. The number of aliphatic hydroxyl groups excluding tert-OH is 2. The number of esters is 1. The van der Waals surface area contributed by atoms with E-state index < -0.39 is 12.1 Å². The van der Waals surface area contributed by atoms with Crippen molar-refractivity contribution in [1.82, 2.24) is 0 Å². The molecule has 0 bridgehead atoms. The highest BCUT2D eigenvalue weighted by atomic mass is 16.5. The van der Waals surface area contributed by atoms with Crippen molar-refractivity contribution in [3.63, 3.8) is 0 Å². The molecule has 42 heavy (non-hydrogen) atoms. The number of aliphatic hydroxyl groups is 2. The van der Waals surface area contributed by atoms with Crippen LogP contribution in [0.4, 0.5) is 0 Å². The molecule has 0 saturated heterocycles. The topological polar surface area (TPSA) is 66.8 Å². The summed E-state index contributed by atoms with van der Waals surface area (Å²) in [6, 6.07) is 0. The Morgan fingerprint density at radius 2 is 0.738 bits per heavy atom. The Morgan fingerprint density at radius 1 is 0.452 bits per heavy atom. The fourth-order valence-corrected chi connectivity index (χ4v) is 5.96. The quantitative estimate of drug-likeness (QED) is 0.0557. The van der Waals surface area contributed by atoms with E-state index in [1.807, 2.05) is 0 Å². The van der Waals surface area contributed by atoms with E-state index in [0.717, 1.165) is 32.1 Å². The molecule has 0 saturated carbocycles. The number of hydrogen-bond donors (Lipinski definition) is 2. The molecule has 0 fully saturated rings. The first kappa shape index (κ1) is 41.4. The summed E-state index contributed by atoms with van der Waals surface area (Å²) < 4.78 is 5.31. The number of rotatable bonds is 36. The summed E-state index contributed by atoms with van der Waals surface area (Å²) in [5.41, 5.74) is 0.